The Morgan fingerprint density at radius 1 is 1.12 bits per heavy atom. The number of aromatic nitrogens is 4. The maximum absolute atomic E-state index is 4.62. The van der Waals surface area contributed by atoms with Crippen LogP contribution in [0.15, 0.2) is 35.4 Å². The summed E-state index contributed by atoms with van der Waals surface area (Å²) in [5.74, 6) is 2.83. The number of nitrogens with zero attached hydrogens (tertiary/aromatic N) is 5. The van der Waals surface area contributed by atoms with Crippen molar-refractivity contribution in [3.8, 4) is 0 Å². The van der Waals surface area contributed by atoms with Crippen molar-refractivity contribution < 1.29 is 0 Å². The van der Waals surface area contributed by atoms with Crippen LogP contribution in [0.3, 0.4) is 0 Å². The van der Waals surface area contributed by atoms with Crippen molar-refractivity contribution >= 4 is 28.6 Å². The van der Waals surface area contributed by atoms with Crippen LogP contribution in [-0.2, 0) is 7.05 Å². The van der Waals surface area contributed by atoms with E-state index in [4.69, 9.17) is 0 Å². The Morgan fingerprint density at radius 3 is 2.62 bits per heavy atom. The molecule has 2 heterocycles. The standard InChI is InChI=1S/C18H23N5S/c1-13-6-8-15(9-7-13)24-11-5-10-22(3)17-16-12-19-23(4)18(16)21-14(2)20-17/h6-9,12H,5,10-11H2,1-4H3. The average molecular weight is 341 g/mol. The molecule has 126 valence electrons. The van der Waals surface area contributed by atoms with E-state index in [9.17, 15) is 0 Å². The van der Waals surface area contributed by atoms with Gasteiger partial charge in [0.05, 0.1) is 11.6 Å². The van der Waals surface area contributed by atoms with Gasteiger partial charge >= 0.3 is 0 Å². The van der Waals surface area contributed by atoms with Crippen LogP contribution in [0.5, 0.6) is 0 Å². The molecule has 0 saturated heterocycles. The third-order valence-corrected chi connectivity index (χ3v) is 5.07. The second-order valence-corrected chi connectivity index (χ2v) is 7.20. The average Bonchev–Trinajstić information content (AvgIpc) is 2.93. The summed E-state index contributed by atoms with van der Waals surface area (Å²) in [5.41, 5.74) is 2.19. The van der Waals surface area contributed by atoms with Crippen molar-refractivity contribution in [3.63, 3.8) is 0 Å². The predicted molar refractivity (Wildman–Crippen MR) is 101 cm³/mol. The van der Waals surface area contributed by atoms with E-state index in [0.717, 1.165) is 41.4 Å². The molecule has 0 unspecified atom stereocenters. The molecule has 0 aliphatic heterocycles. The number of fused-ring (bicyclic) bond motifs is 1. The van der Waals surface area contributed by atoms with Gasteiger partial charge in [0.15, 0.2) is 5.65 Å². The van der Waals surface area contributed by atoms with Crippen LogP contribution >= 0.6 is 11.8 Å². The van der Waals surface area contributed by atoms with Gasteiger partial charge in [0.1, 0.15) is 11.6 Å². The molecular weight excluding hydrogens is 318 g/mol. The zero-order valence-corrected chi connectivity index (χ0v) is 15.5. The Hall–Kier alpha value is -2.08. The van der Waals surface area contributed by atoms with Gasteiger partial charge in [-0.15, -0.1) is 11.8 Å². The molecule has 3 rings (SSSR count). The highest BCUT2D eigenvalue weighted by Gasteiger charge is 2.13. The minimum atomic E-state index is 0.780. The predicted octanol–water partition coefficient (Wildman–Crippen LogP) is 3.60. The summed E-state index contributed by atoms with van der Waals surface area (Å²) in [7, 11) is 4.00. The Labute approximate surface area is 147 Å². The van der Waals surface area contributed by atoms with E-state index in [-0.39, 0.29) is 0 Å². The lowest BCUT2D eigenvalue weighted by atomic mass is 10.2. The Bertz CT molecular complexity index is 825. The summed E-state index contributed by atoms with van der Waals surface area (Å²) >= 11 is 1.90. The first-order valence-electron chi connectivity index (χ1n) is 8.11. The minimum Gasteiger partial charge on any atom is -0.359 e. The Balaban J connectivity index is 1.61. The normalized spacial score (nSPS) is 11.2. The van der Waals surface area contributed by atoms with Crippen LogP contribution in [-0.4, -0.2) is 39.1 Å². The van der Waals surface area contributed by atoms with Crippen molar-refractivity contribution in [2.45, 2.75) is 25.2 Å². The summed E-state index contributed by atoms with van der Waals surface area (Å²) < 4.78 is 1.80. The van der Waals surface area contributed by atoms with E-state index in [1.807, 2.05) is 31.9 Å². The zero-order valence-electron chi connectivity index (χ0n) is 14.7. The molecule has 24 heavy (non-hydrogen) atoms. The second kappa shape index (κ2) is 7.21. The summed E-state index contributed by atoms with van der Waals surface area (Å²) in [6.07, 6.45) is 2.95. The van der Waals surface area contributed by atoms with Crippen LogP contribution in [0.2, 0.25) is 0 Å². The van der Waals surface area contributed by atoms with E-state index < -0.39 is 0 Å². The van der Waals surface area contributed by atoms with Gasteiger partial charge in [-0.25, -0.2) is 9.97 Å². The topological polar surface area (TPSA) is 46.8 Å². The molecule has 0 saturated carbocycles. The SMILES string of the molecule is Cc1ccc(SCCCN(C)c2nc(C)nc3c2cnn3C)cc1. The summed E-state index contributed by atoms with van der Waals surface area (Å²) in [4.78, 5) is 12.6. The molecule has 0 aliphatic carbocycles. The van der Waals surface area contributed by atoms with E-state index in [1.165, 1.54) is 10.5 Å². The molecule has 0 fully saturated rings. The highest BCUT2D eigenvalue weighted by molar-refractivity contribution is 7.99. The van der Waals surface area contributed by atoms with Gasteiger partial charge in [-0.05, 0) is 38.2 Å². The molecule has 1 aromatic carbocycles. The number of aryl methyl sites for hydroxylation is 3. The largest absolute Gasteiger partial charge is 0.359 e. The molecule has 3 aromatic rings. The third-order valence-electron chi connectivity index (χ3n) is 3.97. The fourth-order valence-electron chi connectivity index (χ4n) is 2.64. The zero-order chi connectivity index (χ0) is 17.1. The van der Waals surface area contributed by atoms with Crippen LogP contribution in [0.25, 0.3) is 11.0 Å². The van der Waals surface area contributed by atoms with Crippen molar-refractivity contribution in [1.29, 1.82) is 0 Å². The van der Waals surface area contributed by atoms with E-state index in [2.05, 4.69) is 58.2 Å². The highest BCUT2D eigenvalue weighted by atomic mass is 32.2. The summed E-state index contributed by atoms with van der Waals surface area (Å²) in [6.45, 7) is 5.00. The van der Waals surface area contributed by atoms with Gasteiger partial charge in [-0.3, -0.25) is 4.68 Å². The molecule has 0 bridgehead atoms. The van der Waals surface area contributed by atoms with Crippen molar-refractivity contribution in [2.24, 2.45) is 7.05 Å². The maximum Gasteiger partial charge on any atom is 0.163 e. The molecule has 0 radical (unpaired) electrons. The lowest BCUT2D eigenvalue weighted by Gasteiger charge is -2.19. The number of rotatable bonds is 6. The Kier molecular flexibility index (Phi) is 5.04. The van der Waals surface area contributed by atoms with Gasteiger partial charge in [-0.2, -0.15) is 5.10 Å². The van der Waals surface area contributed by atoms with Gasteiger partial charge < -0.3 is 4.90 Å². The van der Waals surface area contributed by atoms with E-state index >= 15 is 0 Å². The number of anilines is 1. The van der Waals surface area contributed by atoms with Gasteiger partial charge in [0.25, 0.3) is 0 Å². The molecule has 5 nitrogen and oxygen atoms in total. The van der Waals surface area contributed by atoms with Crippen LogP contribution in [0.4, 0.5) is 5.82 Å². The molecule has 0 amide bonds. The van der Waals surface area contributed by atoms with Gasteiger partial charge in [-0.1, -0.05) is 17.7 Å². The lowest BCUT2D eigenvalue weighted by molar-refractivity contribution is 0.781. The fourth-order valence-corrected chi connectivity index (χ4v) is 3.47. The number of hydrogen-bond donors (Lipinski definition) is 0. The molecule has 0 spiro atoms. The Morgan fingerprint density at radius 2 is 1.88 bits per heavy atom. The quantitative estimate of drug-likeness (QED) is 0.506. The van der Waals surface area contributed by atoms with Gasteiger partial charge in [0, 0.05) is 25.5 Å². The first-order chi connectivity index (χ1) is 11.5. The molecule has 2 aromatic heterocycles. The molecule has 6 heteroatoms. The van der Waals surface area contributed by atoms with Crippen molar-refractivity contribution in [2.75, 3.05) is 24.2 Å². The first-order valence-corrected chi connectivity index (χ1v) is 9.10. The lowest BCUT2D eigenvalue weighted by Crippen LogP contribution is -2.21. The summed E-state index contributed by atoms with van der Waals surface area (Å²) in [5, 5.41) is 5.32. The van der Waals surface area contributed by atoms with Crippen LogP contribution in [0, 0.1) is 13.8 Å². The first kappa shape index (κ1) is 16.8. The number of hydrogen-bond acceptors (Lipinski definition) is 5. The second-order valence-electron chi connectivity index (χ2n) is 6.04. The number of thioether (sulfide) groups is 1. The molecule has 0 N–H and O–H groups in total. The van der Waals surface area contributed by atoms with E-state index in [0.29, 0.717) is 0 Å². The minimum absolute atomic E-state index is 0.780. The maximum atomic E-state index is 4.62. The number of benzene rings is 1. The van der Waals surface area contributed by atoms with Crippen LogP contribution in [0.1, 0.15) is 17.8 Å². The van der Waals surface area contributed by atoms with E-state index in [1.54, 1.807) is 4.68 Å². The summed E-state index contributed by atoms with van der Waals surface area (Å²) in [6, 6.07) is 8.71. The molecule has 0 aliphatic rings. The third kappa shape index (κ3) is 3.70. The monoisotopic (exact) mass is 341 g/mol. The van der Waals surface area contributed by atoms with Gasteiger partial charge in [0.2, 0.25) is 0 Å². The molecular formula is C18H23N5S. The van der Waals surface area contributed by atoms with Crippen molar-refractivity contribution in [1.82, 2.24) is 19.7 Å². The molecule has 0 atom stereocenters. The fraction of sp³-hybridized carbons (Fsp3) is 0.389. The highest BCUT2D eigenvalue weighted by Crippen LogP contribution is 2.23. The smallest absolute Gasteiger partial charge is 0.163 e. The van der Waals surface area contributed by atoms with Crippen LogP contribution < -0.4 is 4.90 Å². The van der Waals surface area contributed by atoms with Crippen molar-refractivity contribution in [3.05, 3.63) is 41.9 Å².